The van der Waals surface area contributed by atoms with Crippen LogP contribution in [0.15, 0.2) is 91.0 Å². The van der Waals surface area contributed by atoms with Crippen molar-refractivity contribution in [2.45, 2.75) is 58.0 Å². The molecule has 1 heterocycles. The number of rotatable bonds is 10. The molecule has 1 fully saturated rings. The Balaban J connectivity index is 1.54. The van der Waals surface area contributed by atoms with Crippen LogP contribution in [0.3, 0.4) is 0 Å². The molecule has 4 rings (SSSR count). The Hall–Kier alpha value is -3.19. The highest BCUT2D eigenvalue weighted by Gasteiger charge is 2.38. The van der Waals surface area contributed by atoms with Gasteiger partial charge >= 0.3 is 6.09 Å². The second-order valence-electron chi connectivity index (χ2n) is 9.34. The largest absolute Gasteiger partial charge is 0.445 e. The minimum atomic E-state index is -0.876. The van der Waals surface area contributed by atoms with Gasteiger partial charge in [0.15, 0.2) is 6.29 Å². The Kier molecular flexibility index (Phi) is 9.50. The average Bonchev–Trinajstić information content (AvgIpc) is 2.92. The first-order valence-electron chi connectivity index (χ1n) is 12.6. The van der Waals surface area contributed by atoms with Crippen LogP contribution in [0.5, 0.6) is 0 Å². The first kappa shape index (κ1) is 25.9. The van der Waals surface area contributed by atoms with Gasteiger partial charge in [-0.3, -0.25) is 4.90 Å². The van der Waals surface area contributed by atoms with E-state index < -0.39 is 18.4 Å². The number of carbonyl (C=O) groups excluding carboxylic acids is 1. The summed E-state index contributed by atoms with van der Waals surface area (Å²) >= 11 is 0. The first-order chi connectivity index (χ1) is 17.6. The fourth-order valence-corrected chi connectivity index (χ4v) is 4.40. The fraction of sp³-hybridized carbons (Fsp3) is 0.367. The summed E-state index contributed by atoms with van der Waals surface area (Å²) in [4.78, 5) is 15.2. The van der Waals surface area contributed by atoms with Crippen LogP contribution in [0, 0.1) is 5.92 Å². The molecule has 0 bridgehead atoms. The normalized spacial score (nSPS) is 20.4. The van der Waals surface area contributed by atoms with E-state index in [9.17, 15) is 9.90 Å². The van der Waals surface area contributed by atoms with Crippen LogP contribution in [0.1, 0.15) is 36.5 Å². The number of benzene rings is 3. The predicted octanol–water partition coefficient (Wildman–Crippen LogP) is 5.54. The van der Waals surface area contributed by atoms with Gasteiger partial charge in [0, 0.05) is 12.5 Å². The van der Waals surface area contributed by atoms with E-state index >= 15 is 0 Å². The minimum absolute atomic E-state index is 0.0414. The van der Waals surface area contributed by atoms with E-state index in [0.29, 0.717) is 13.2 Å². The van der Waals surface area contributed by atoms with Crippen LogP contribution in [0.25, 0.3) is 0 Å². The molecule has 0 saturated carbocycles. The van der Waals surface area contributed by atoms with Crippen molar-refractivity contribution >= 4 is 6.09 Å². The van der Waals surface area contributed by atoms with E-state index in [1.165, 1.54) is 0 Å². The van der Waals surface area contributed by atoms with Crippen molar-refractivity contribution in [2.24, 2.45) is 5.92 Å². The summed E-state index contributed by atoms with van der Waals surface area (Å²) in [6.07, 6.45) is -0.166. The van der Waals surface area contributed by atoms with Crippen LogP contribution in [0.4, 0.5) is 4.79 Å². The Bertz CT molecular complexity index is 1050. The zero-order chi connectivity index (χ0) is 25.2. The molecule has 1 saturated heterocycles. The summed E-state index contributed by atoms with van der Waals surface area (Å²) in [5.74, 6) is 0.0414. The van der Waals surface area contributed by atoms with Crippen LogP contribution in [0.2, 0.25) is 0 Å². The topological polar surface area (TPSA) is 68.2 Å². The highest BCUT2D eigenvalue weighted by molar-refractivity contribution is 5.68. The zero-order valence-corrected chi connectivity index (χ0v) is 20.7. The summed E-state index contributed by atoms with van der Waals surface area (Å²) in [7, 11) is 0. The molecule has 1 aliphatic heterocycles. The number of amides is 1. The van der Waals surface area contributed by atoms with Crippen LogP contribution >= 0.6 is 0 Å². The smallest absolute Gasteiger partial charge is 0.410 e. The molecule has 0 aromatic heterocycles. The number of aliphatic hydroxyl groups excluding tert-OH is 1. The second-order valence-corrected chi connectivity index (χ2v) is 9.34. The lowest BCUT2D eigenvalue weighted by atomic mass is 9.94. The third kappa shape index (κ3) is 7.40. The minimum Gasteiger partial charge on any atom is -0.445 e. The molecule has 0 radical (unpaired) electrons. The van der Waals surface area contributed by atoms with Gasteiger partial charge in [-0.15, -0.1) is 0 Å². The zero-order valence-electron chi connectivity index (χ0n) is 20.7. The van der Waals surface area contributed by atoms with E-state index in [2.05, 4.69) is 0 Å². The van der Waals surface area contributed by atoms with Gasteiger partial charge in [0.05, 0.1) is 25.4 Å². The van der Waals surface area contributed by atoms with Crippen LogP contribution in [-0.4, -0.2) is 41.1 Å². The summed E-state index contributed by atoms with van der Waals surface area (Å²) < 4.78 is 17.9. The molecule has 4 atom stereocenters. The van der Waals surface area contributed by atoms with Gasteiger partial charge in [0.2, 0.25) is 0 Å². The number of hydrogen-bond acceptors (Lipinski definition) is 5. The van der Waals surface area contributed by atoms with Crippen molar-refractivity contribution in [1.29, 1.82) is 0 Å². The van der Waals surface area contributed by atoms with Crippen molar-refractivity contribution in [1.82, 2.24) is 4.90 Å². The molecule has 1 aliphatic rings. The number of carbonyl (C=O) groups is 1. The predicted molar refractivity (Wildman–Crippen MR) is 138 cm³/mol. The molecule has 6 nitrogen and oxygen atoms in total. The molecule has 1 N–H and O–H groups in total. The van der Waals surface area contributed by atoms with Crippen molar-refractivity contribution in [3.05, 3.63) is 108 Å². The second kappa shape index (κ2) is 13.2. The van der Waals surface area contributed by atoms with Crippen molar-refractivity contribution in [3.8, 4) is 0 Å². The molecule has 3 aromatic carbocycles. The molecule has 0 aliphatic carbocycles. The highest BCUT2D eigenvalue weighted by atomic mass is 16.6. The first-order valence-corrected chi connectivity index (χ1v) is 12.6. The molecule has 3 aromatic rings. The van der Waals surface area contributed by atoms with Crippen molar-refractivity contribution in [3.63, 3.8) is 0 Å². The molecule has 1 amide bonds. The Morgan fingerprint density at radius 3 is 2.03 bits per heavy atom. The Labute approximate surface area is 213 Å². The Morgan fingerprint density at radius 2 is 1.44 bits per heavy atom. The lowest BCUT2D eigenvalue weighted by Crippen LogP contribution is -2.53. The number of ether oxygens (including phenoxy) is 3. The third-order valence-electron chi connectivity index (χ3n) is 6.57. The summed E-state index contributed by atoms with van der Waals surface area (Å²) in [6, 6.07) is 28.9. The van der Waals surface area contributed by atoms with E-state index in [1.54, 1.807) is 4.90 Å². The number of hydrogen-bond donors (Lipinski definition) is 1. The van der Waals surface area contributed by atoms with E-state index in [4.69, 9.17) is 14.2 Å². The van der Waals surface area contributed by atoms with Crippen molar-refractivity contribution in [2.75, 3.05) is 6.61 Å². The lowest BCUT2D eigenvalue weighted by molar-refractivity contribution is -0.208. The van der Waals surface area contributed by atoms with E-state index in [-0.39, 0.29) is 25.2 Å². The molecule has 1 unspecified atom stereocenters. The standard InChI is InChI=1S/C30H35NO5/c1-23-17-18-28(36-29(23)32)27(22-34-20-25-13-7-3-8-14-25)31(19-24-11-5-2-6-12-24)30(33)35-21-26-15-9-4-10-16-26/h2-16,23,27-29,32H,17-22H2,1H3/t23-,27+,28-,29?/m0/s1. The third-order valence-corrected chi connectivity index (χ3v) is 6.57. The number of nitrogens with zero attached hydrogens (tertiary/aromatic N) is 1. The average molecular weight is 490 g/mol. The lowest BCUT2D eigenvalue weighted by Gasteiger charge is -2.40. The van der Waals surface area contributed by atoms with Gasteiger partial charge in [0.25, 0.3) is 0 Å². The monoisotopic (exact) mass is 489 g/mol. The molecular formula is C30H35NO5. The van der Waals surface area contributed by atoms with Crippen LogP contribution < -0.4 is 0 Å². The van der Waals surface area contributed by atoms with Gasteiger partial charge in [-0.2, -0.15) is 0 Å². The maximum absolute atomic E-state index is 13.5. The molecule has 0 spiro atoms. The van der Waals surface area contributed by atoms with Gasteiger partial charge in [-0.25, -0.2) is 4.79 Å². The van der Waals surface area contributed by atoms with Gasteiger partial charge in [-0.1, -0.05) is 97.9 Å². The number of aliphatic hydroxyl groups is 1. The van der Waals surface area contributed by atoms with E-state index in [0.717, 1.165) is 29.5 Å². The van der Waals surface area contributed by atoms with E-state index in [1.807, 2.05) is 97.9 Å². The van der Waals surface area contributed by atoms with Crippen molar-refractivity contribution < 1.29 is 24.1 Å². The summed E-state index contributed by atoms with van der Waals surface area (Å²) in [6.45, 7) is 3.17. The summed E-state index contributed by atoms with van der Waals surface area (Å²) in [5.41, 5.74) is 2.95. The maximum Gasteiger partial charge on any atom is 0.410 e. The molecule has 36 heavy (non-hydrogen) atoms. The highest BCUT2D eigenvalue weighted by Crippen LogP contribution is 2.28. The quantitative estimate of drug-likeness (QED) is 0.405. The maximum atomic E-state index is 13.5. The van der Waals surface area contributed by atoms with Gasteiger partial charge in [0.1, 0.15) is 6.61 Å². The SMILES string of the molecule is C[C@H]1CC[C@@H]([C@@H](COCc2ccccc2)N(Cc2ccccc2)C(=O)OCc2ccccc2)OC1O. The van der Waals surface area contributed by atoms with Gasteiger partial charge in [-0.05, 0) is 29.5 Å². The Morgan fingerprint density at radius 1 is 0.889 bits per heavy atom. The van der Waals surface area contributed by atoms with Gasteiger partial charge < -0.3 is 19.3 Å². The molecule has 6 heteroatoms. The molecule has 190 valence electrons. The summed E-state index contributed by atoms with van der Waals surface area (Å²) in [5, 5.41) is 10.5. The van der Waals surface area contributed by atoms with Crippen LogP contribution in [-0.2, 0) is 34.0 Å². The fourth-order valence-electron chi connectivity index (χ4n) is 4.40. The molecular weight excluding hydrogens is 454 g/mol.